The van der Waals surface area contributed by atoms with Crippen LogP contribution in [-0.2, 0) is 4.74 Å². The van der Waals surface area contributed by atoms with Crippen LogP contribution in [-0.4, -0.2) is 13.0 Å². The summed E-state index contributed by atoms with van der Waals surface area (Å²) in [5.41, 5.74) is 0. The summed E-state index contributed by atoms with van der Waals surface area (Å²) >= 11 is 5.43. The fourth-order valence-electron chi connectivity index (χ4n) is 0.431. The van der Waals surface area contributed by atoms with Crippen LogP contribution in [0, 0.1) is 12.0 Å². The number of hydrogen-bond donors (Lipinski definition) is 0. The van der Waals surface area contributed by atoms with E-state index in [1.165, 1.54) is 0 Å². The van der Waals surface area contributed by atoms with E-state index in [9.17, 15) is 0 Å². The fourth-order valence-corrected chi connectivity index (χ4v) is 0.620. The van der Waals surface area contributed by atoms with Gasteiger partial charge in [-0.3, -0.25) is 0 Å². The van der Waals surface area contributed by atoms with Crippen LogP contribution in [0.4, 0.5) is 0 Å². The number of ether oxygens (including phenoxy) is 1. The van der Waals surface area contributed by atoms with Gasteiger partial charge in [-0.1, -0.05) is 5.92 Å². The van der Waals surface area contributed by atoms with Gasteiger partial charge in [0, 0.05) is 12.3 Å². The minimum absolute atomic E-state index is 0.731. The van der Waals surface area contributed by atoms with Crippen molar-refractivity contribution in [2.75, 3.05) is 13.0 Å². The van der Waals surface area contributed by atoms with E-state index in [2.05, 4.69) is 16.8 Å². The van der Waals surface area contributed by atoms with Gasteiger partial charge in [-0.25, -0.2) is 0 Å². The minimum Gasteiger partial charge on any atom is -0.450 e. The topological polar surface area (TPSA) is 9.23 Å². The Labute approximate surface area is 61.3 Å². The summed E-state index contributed by atoms with van der Waals surface area (Å²) in [5, 5.41) is 0. The van der Waals surface area contributed by atoms with Crippen molar-refractivity contribution in [1.82, 2.24) is 0 Å². The number of rotatable bonds is 3. The SMILES string of the molecule is COC#CCCCCCl. The summed E-state index contributed by atoms with van der Waals surface area (Å²) in [7, 11) is 1.56. The van der Waals surface area contributed by atoms with Gasteiger partial charge in [0.2, 0.25) is 0 Å². The maximum atomic E-state index is 5.43. The van der Waals surface area contributed by atoms with E-state index in [-0.39, 0.29) is 0 Å². The highest BCUT2D eigenvalue weighted by atomic mass is 35.5. The second-order valence-electron chi connectivity index (χ2n) is 1.63. The Hall–Kier alpha value is -0.350. The van der Waals surface area contributed by atoms with Crippen molar-refractivity contribution in [2.24, 2.45) is 0 Å². The normalized spacial score (nSPS) is 7.78. The Balaban J connectivity index is 2.90. The van der Waals surface area contributed by atoms with E-state index >= 15 is 0 Å². The van der Waals surface area contributed by atoms with Crippen LogP contribution in [0.25, 0.3) is 0 Å². The van der Waals surface area contributed by atoms with Crippen molar-refractivity contribution in [3.8, 4) is 12.0 Å². The van der Waals surface area contributed by atoms with Crippen LogP contribution in [0.3, 0.4) is 0 Å². The molecule has 0 aromatic carbocycles. The van der Waals surface area contributed by atoms with Gasteiger partial charge in [-0.2, -0.15) is 0 Å². The fraction of sp³-hybridized carbons (Fsp3) is 0.714. The van der Waals surface area contributed by atoms with Crippen molar-refractivity contribution in [2.45, 2.75) is 19.3 Å². The quantitative estimate of drug-likeness (QED) is 0.336. The molecule has 0 unspecified atom stereocenters. The van der Waals surface area contributed by atoms with Crippen LogP contribution >= 0.6 is 11.6 Å². The Morgan fingerprint density at radius 3 is 2.78 bits per heavy atom. The molecule has 0 aliphatic rings. The zero-order chi connectivity index (χ0) is 6.95. The average molecular weight is 147 g/mol. The molecule has 0 atom stereocenters. The molecule has 0 aliphatic heterocycles. The first kappa shape index (κ1) is 8.65. The summed E-state index contributed by atoms with van der Waals surface area (Å²) < 4.78 is 4.53. The molecule has 1 nitrogen and oxygen atoms in total. The third kappa shape index (κ3) is 7.65. The van der Waals surface area contributed by atoms with Crippen LogP contribution in [0.15, 0.2) is 0 Å². The Bertz CT molecular complexity index is 101. The molecule has 0 amide bonds. The van der Waals surface area contributed by atoms with Crippen LogP contribution < -0.4 is 0 Å². The highest BCUT2D eigenvalue weighted by Crippen LogP contribution is 1.94. The molecule has 0 saturated heterocycles. The first-order valence-electron chi connectivity index (χ1n) is 2.98. The van der Waals surface area contributed by atoms with Crippen molar-refractivity contribution in [1.29, 1.82) is 0 Å². The molecule has 52 valence electrons. The lowest BCUT2D eigenvalue weighted by atomic mass is 10.3. The number of hydrogen-bond acceptors (Lipinski definition) is 1. The highest BCUT2D eigenvalue weighted by Gasteiger charge is 1.80. The summed E-state index contributed by atoms with van der Waals surface area (Å²) in [6.45, 7) is 0. The monoisotopic (exact) mass is 146 g/mol. The zero-order valence-corrected chi connectivity index (χ0v) is 6.37. The maximum Gasteiger partial charge on any atom is 0.109 e. The molecule has 0 heterocycles. The van der Waals surface area contributed by atoms with Gasteiger partial charge >= 0.3 is 0 Å². The zero-order valence-electron chi connectivity index (χ0n) is 5.61. The average Bonchev–Trinajstić information content (AvgIpc) is 1.89. The molecular formula is C7H11ClO. The van der Waals surface area contributed by atoms with Gasteiger partial charge in [0.15, 0.2) is 0 Å². The molecule has 0 aromatic rings. The Kier molecular flexibility index (Phi) is 7.35. The molecule has 0 spiro atoms. The van der Waals surface area contributed by atoms with Crippen molar-refractivity contribution in [3.05, 3.63) is 0 Å². The number of alkyl halides is 1. The number of methoxy groups -OCH3 is 1. The molecule has 0 aromatic heterocycles. The van der Waals surface area contributed by atoms with Gasteiger partial charge in [-0.05, 0) is 12.8 Å². The van der Waals surface area contributed by atoms with Crippen LogP contribution in [0.1, 0.15) is 19.3 Å². The van der Waals surface area contributed by atoms with E-state index in [0.717, 1.165) is 25.1 Å². The second-order valence-corrected chi connectivity index (χ2v) is 2.01. The molecule has 9 heavy (non-hydrogen) atoms. The smallest absolute Gasteiger partial charge is 0.109 e. The van der Waals surface area contributed by atoms with E-state index in [4.69, 9.17) is 11.6 Å². The molecule has 0 fully saturated rings. The predicted octanol–water partition coefficient (Wildman–Crippen LogP) is 2.00. The molecule has 2 heteroatoms. The molecule has 0 rings (SSSR count). The third-order valence-electron chi connectivity index (χ3n) is 0.860. The highest BCUT2D eigenvalue weighted by molar-refractivity contribution is 6.17. The number of halogens is 1. The van der Waals surface area contributed by atoms with E-state index in [0.29, 0.717) is 0 Å². The summed E-state index contributed by atoms with van der Waals surface area (Å²) in [6, 6.07) is 0. The van der Waals surface area contributed by atoms with E-state index < -0.39 is 0 Å². The minimum atomic E-state index is 0.731. The van der Waals surface area contributed by atoms with E-state index in [1.54, 1.807) is 7.11 Å². The molecule has 0 aliphatic carbocycles. The Morgan fingerprint density at radius 2 is 2.22 bits per heavy atom. The van der Waals surface area contributed by atoms with E-state index in [1.807, 2.05) is 0 Å². The van der Waals surface area contributed by atoms with Crippen molar-refractivity contribution >= 4 is 11.6 Å². The Morgan fingerprint density at radius 1 is 1.44 bits per heavy atom. The van der Waals surface area contributed by atoms with Gasteiger partial charge in [0.25, 0.3) is 0 Å². The van der Waals surface area contributed by atoms with Crippen molar-refractivity contribution < 1.29 is 4.74 Å². The van der Waals surface area contributed by atoms with Crippen molar-refractivity contribution in [3.63, 3.8) is 0 Å². The summed E-state index contributed by atoms with van der Waals surface area (Å²) in [4.78, 5) is 0. The molecule has 0 N–H and O–H groups in total. The van der Waals surface area contributed by atoms with Gasteiger partial charge < -0.3 is 4.74 Å². The van der Waals surface area contributed by atoms with Gasteiger partial charge in [0.05, 0.1) is 7.11 Å². The largest absolute Gasteiger partial charge is 0.450 e. The van der Waals surface area contributed by atoms with Gasteiger partial charge in [0.1, 0.15) is 6.11 Å². The summed E-state index contributed by atoms with van der Waals surface area (Å²) in [6.07, 6.45) is 5.51. The summed E-state index contributed by atoms with van der Waals surface area (Å²) in [5.74, 6) is 3.57. The van der Waals surface area contributed by atoms with Gasteiger partial charge in [-0.15, -0.1) is 11.6 Å². The lowest BCUT2D eigenvalue weighted by Gasteiger charge is -1.86. The standard InChI is InChI=1S/C7H11ClO/c1-9-7-5-3-2-4-6-8/h2-4,6H2,1H3. The maximum absolute atomic E-state index is 5.43. The lowest BCUT2D eigenvalue weighted by Crippen LogP contribution is -1.74. The predicted molar refractivity (Wildman–Crippen MR) is 39.4 cm³/mol. The first-order chi connectivity index (χ1) is 4.41. The second kappa shape index (κ2) is 7.65. The van der Waals surface area contributed by atoms with Crippen LogP contribution in [0.5, 0.6) is 0 Å². The molecule has 0 saturated carbocycles. The molecule has 0 bridgehead atoms. The molecular weight excluding hydrogens is 136 g/mol. The first-order valence-corrected chi connectivity index (χ1v) is 3.52. The molecule has 0 radical (unpaired) electrons. The third-order valence-corrected chi connectivity index (χ3v) is 1.13. The number of unbranched alkanes of at least 4 members (excludes halogenated alkanes) is 2. The van der Waals surface area contributed by atoms with Crippen LogP contribution in [0.2, 0.25) is 0 Å². The lowest BCUT2D eigenvalue weighted by molar-refractivity contribution is 0.371.